The van der Waals surface area contributed by atoms with E-state index in [4.69, 9.17) is 24.4 Å². The van der Waals surface area contributed by atoms with Crippen molar-refractivity contribution in [3.8, 4) is 0 Å². The van der Waals surface area contributed by atoms with Crippen LogP contribution in [0.15, 0.2) is 128 Å². The SMILES string of the molecule is C=C/C=C(\C=C)N(C(=S)SSC(=S)N(c1ccccc1)c1ccccc1)c1ccccc1. The number of hydrogen-bond donors (Lipinski definition) is 0. The summed E-state index contributed by atoms with van der Waals surface area (Å²) in [5.74, 6) is 0. The summed E-state index contributed by atoms with van der Waals surface area (Å²) in [5.41, 5.74) is 3.80. The Morgan fingerprint density at radius 2 is 1.09 bits per heavy atom. The van der Waals surface area contributed by atoms with E-state index in [1.54, 1.807) is 12.2 Å². The number of anilines is 3. The van der Waals surface area contributed by atoms with Crippen molar-refractivity contribution in [1.82, 2.24) is 0 Å². The molecular weight excluding hydrogens is 469 g/mol. The molecular formula is C26H22N2S4. The van der Waals surface area contributed by atoms with Crippen LogP contribution in [-0.4, -0.2) is 8.64 Å². The van der Waals surface area contributed by atoms with Crippen molar-refractivity contribution >= 4 is 71.7 Å². The van der Waals surface area contributed by atoms with Gasteiger partial charge in [0.15, 0.2) is 8.64 Å². The minimum atomic E-state index is 0.651. The third-order valence-electron chi connectivity index (χ3n) is 4.35. The van der Waals surface area contributed by atoms with Gasteiger partial charge in [0.25, 0.3) is 0 Å². The Morgan fingerprint density at radius 3 is 1.53 bits per heavy atom. The van der Waals surface area contributed by atoms with Crippen molar-refractivity contribution in [1.29, 1.82) is 0 Å². The smallest absolute Gasteiger partial charge is 0.156 e. The number of allylic oxidation sites excluding steroid dienone is 3. The quantitative estimate of drug-likeness (QED) is 0.193. The lowest BCUT2D eigenvalue weighted by Crippen LogP contribution is -2.26. The van der Waals surface area contributed by atoms with Gasteiger partial charge >= 0.3 is 0 Å². The van der Waals surface area contributed by atoms with Crippen molar-refractivity contribution in [3.63, 3.8) is 0 Å². The summed E-state index contributed by atoms with van der Waals surface area (Å²) in [6.45, 7) is 7.76. The topological polar surface area (TPSA) is 6.48 Å². The third kappa shape index (κ3) is 6.20. The highest BCUT2D eigenvalue weighted by molar-refractivity contribution is 8.89. The molecule has 0 unspecified atom stereocenters. The van der Waals surface area contributed by atoms with Crippen molar-refractivity contribution in [2.45, 2.75) is 0 Å². The molecule has 0 aliphatic rings. The minimum Gasteiger partial charge on any atom is -0.295 e. The molecule has 160 valence electrons. The van der Waals surface area contributed by atoms with E-state index in [0.717, 1.165) is 22.8 Å². The predicted octanol–water partition coefficient (Wildman–Crippen LogP) is 8.54. The van der Waals surface area contributed by atoms with E-state index < -0.39 is 0 Å². The lowest BCUT2D eigenvalue weighted by atomic mass is 10.2. The first-order valence-electron chi connectivity index (χ1n) is 9.78. The van der Waals surface area contributed by atoms with E-state index in [-0.39, 0.29) is 0 Å². The van der Waals surface area contributed by atoms with Crippen LogP contribution in [0.2, 0.25) is 0 Å². The van der Waals surface area contributed by atoms with Gasteiger partial charge in [-0.25, -0.2) is 0 Å². The van der Waals surface area contributed by atoms with Crippen LogP contribution in [0.4, 0.5) is 17.1 Å². The summed E-state index contributed by atoms with van der Waals surface area (Å²) in [7, 11) is 2.90. The average Bonchev–Trinajstić information content (AvgIpc) is 2.84. The second kappa shape index (κ2) is 12.4. The van der Waals surface area contributed by atoms with E-state index >= 15 is 0 Å². The van der Waals surface area contributed by atoms with Gasteiger partial charge in [-0.1, -0.05) is 98.3 Å². The molecule has 3 aromatic rings. The Labute approximate surface area is 208 Å². The van der Waals surface area contributed by atoms with Gasteiger partial charge in [-0.15, -0.1) is 0 Å². The maximum atomic E-state index is 5.85. The average molecular weight is 491 g/mol. The van der Waals surface area contributed by atoms with Crippen LogP contribution in [-0.2, 0) is 0 Å². The summed E-state index contributed by atoms with van der Waals surface area (Å²) < 4.78 is 1.34. The van der Waals surface area contributed by atoms with Gasteiger partial charge in [0.2, 0.25) is 0 Å². The van der Waals surface area contributed by atoms with E-state index in [9.17, 15) is 0 Å². The van der Waals surface area contributed by atoms with Crippen LogP contribution in [0, 0.1) is 0 Å². The molecule has 0 atom stereocenters. The second-order valence-corrected chi connectivity index (χ2v) is 9.80. The molecule has 0 aliphatic heterocycles. The van der Waals surface area contributed by atoms with E-state index in [1.807, 2.05) is 102 Å². The minimum absolute atomic E-state index is 0.651. The molecule has 0 bridgehead atoms. The number of nitrogens with zero attached hydrogens (tertiary/aromatic N) is 2. The van der Waals surface area contributed by atoms with Gasteiger partial charge in [-0.2, -0.15) is 0 Å². The molecule has 2 nitrogen and oxygen atoms in total. The molecule has 0 radical (unpaired) electrons. The highest BCUT2D eigenvalue weighted by Crippen LogP contribution is 2.37. The zero-order valence-corrected chi connectivity index (χ0v) is 20.6. The molecule has 0 heterocycles. The second-order valence-electron chi connectivity index (χ2n) is 6.41. The summed E-state index contributed by atoms with van der Waals surface area (Å²) in [5, 5.41) is 0. The normalized spacial score (nSPS) is 10.8. The fraction of sp³-hybridized carbons (Fsp3) is 0. The molecule has 3 aromatic carbocycles. The van der Waals surface area contributed by atoms with Crippen LogP contribution < -0.4 is 9.80 Å². The van der Waals surface area contributed by atoms with Crippen molar-refractivity contribution in [2.75, 3.05) is 9.80 Å². The number of benzene rings is 3. The maximum Gasteiger partial charge on any atom is 0.156 e. The van der Waals surface area contributed by atoms with Gasteiger partial charge in [0, 0.05) is 22.8 Å². The Kier molecular flexibility index (Phi) is 9.31. The molecule has 0 aromatic heterocycles. The molecule has 0 amide bonds. The van der Waals surface area contributed by atoms with Gasteiger partial charge < -0.3 is 0 Å². The van der Waals surface area contributed by atoms with E-state index in [1.165, 1.54) is 21.6 Å². The Morgan fingerprint density at radius 1 is 0.656 bits per heavy atom. The van der Waals surface area contributed by atoms with E-state index in [0.29, 0.717) is 8.64 Å². The molecule has 0 spiro atoms. The maximum absolute atomic E-state index is 5.85. The first-order chi connectivity index (χ1) is 15.7. The van der Waals surface area contributed by atoms with Gasteiger partial charge in [0.05, 0.1) is 0 Å². The van der Waals surface area contributed by atoms with Crippen LogP contribution in [0.5, 0.6) is 0 Å². The first-order valence-corrected chi connectivity index (χ1v) is 12.8. The van der Waals surface area contributed by atoms with Crippen LogP contribution in [0.25, 0.3) is 0 Å². The van der Waals surface area contributed by atoms with Crippen LogP contribution in [0.1, 0.15) is 0 Å². The Balaban J connectivity index is 1.84. The number of hydrogen-bond acceptors (Lipinski definition) is 4. The van der Waals surface area contributed by atoms with Crippen LogP contribution in [0.3, 0.4) is 0 Å². The highest BCUT2D eigenvalue weighted by atomic mass is 33.1. The molecule has 0 saturated heterocycles. The van der Waals surface area contributed by atoms with Crippen molar-refractivity contribution in [3.05, 3.63) is 128 Å². The van der Waals surface area contributed by atoms with Crippen LogP contribution >= 0.6 is 46.0 Å². The molecule has 0 N–H and O–H groups in total. The van der Waals surface area contributed by atoms with Gasteiger partial charge in [-0.3, -0.25) is 9.80 Å². The summed E-state index contributed by atoms with van der Waals surface area (Å²) in [6.07, 6.45) is 5.38. The Hall–Kier alpha value is -2.64. The third-order valence-corrected chi connectivity index (χ3v) is 7.78. The molecule has 3 rings (SSSR count). The Bertz CT molecular complexity index is 1060. The zero-order valence-electron chi connectivity index (χ0n) is 17.3. The van der Waals surface area contributed by atoms with Gasteiger partial charge in [0.1, 0.15) is 0 Å². The van der Waals surface area contributed by atoms with Crippen molar-refractivity contribution in [2.24, 2.45) is 0 Å². The number of thiocarbonyl (C=S) groups is 2. The zero-order chi connectivity index (χ0) is 22.8. The fourth-order valence-corrected chi connectivity index (χ4v) is 5.57. The lowest BCUT2D eigenvalue weighted by Gasteiger charge is -2.27. The molecule has 0 aliphatic carbocycles. The largest absolute Gasteiger partial charge is 0.295 e. The monoisotopic (exact) mass is 490 g/mol. The predicted molar refractivity (Wildman–Crippen MR) is 153 cm³/mol. The molecule has 32 heavy (non-hydrogen) atoms. The lowest BCUT2D eigenvalue weighted by molar-refractivity contribution is 1.30. The summed E-state index contributed by atoms with van der Waals surface area (Å²) in [6, 6.07) is 30.1. The molecule has 6 heteroatoms. The number of para-hydroxylation sites is 3. The van der Waals surface area contributed by atoms with Crippen molar-refractivity contribution < 1.29 is 0 Å². The molecule has 0 fully saturated rings. The summed E-state index contributed by atoms with van der Waals surface area (Å²) in [4.78, 5) is 4.02. The first kappa shape index (κ1) is 24.0. The highest BCUT2D eigenvalue weighted by Gasteiger charge is 2.20. The van der Waals surface area contributed by atoms with E-state index in [2.05, 4.69) is 18.1 Å². The summed E-state index contributed by atoms with van der Waals surface area (Å²) >= 11 is 11.7. The number of rotatable bonds is 6. The standard InChI is InChI=1S/C26H22N2S4/c1-3-14-21(4-2)27(22-15-8-5-9-16-22)25(29)31-32-26(30)28(23-17-10-6-11-18-23)24-19-12-7-13-20-24/h3-20H,1-2H2/b21-14+. The molecule has 0 saturated carbocycles. The van der Waals surface area contributed by atoms with Gasteiger partial charge in [-0.05, 0) is 70.1 Å². The fourth-order valence-electron chi connectivity index (χ4n) is 2.95.